The molecule has 1 aromatic carbocycles. The lowest BCUT2D eigenvalue weighted by atomic mass is 9.95. The molecule has 0 spiro atoms. The molecule has 0 fully saturated rings. The monoisotopic (exact) mass is 449 g/mol. The molecule has 5 nitrogen and oxygen atoms in total. The normalized spacial score (nSPS) is 13.3. The number of ether oxygens (including phenoxy) is 2. The first kappa shape index (κ1) is 19.6. The summed E-state index contributed by atoms with van der Waals surface area (Å²) >= 11 is 4.90. The van der Waals surface area contributed by atoms with Gasteiger partial charge in [-0.05, 0) is 70.9 Å². The Bertz CT molecular complexity index is 904. The SMILES string of the molecule is COC(=O)c1c(NC(=O)/C=C/c2ccc(OC)c(Br)c2)sc2c1CCCC2. The number of aryl methyl sites for hydroxylation is 1. The molecular formula is C20H20BrNO4S. The van der Waals surface area contributed by atoms with E-state index in [9.17, 15) is 9.59 Å². The number of thiophene rings is 1. The number of carbonyl (C=O) groups excluding carboxylic acids is 2. The van der Waals surface area contributed by atoms with E-state index in [0.717, 1.165) is 47.0 Å². The fraction of sp³-hybridized carbons (Fsp3) is 0.300. The fourth-order valence-corrected chi connectivity index (χ4v) is 4.92. The Kier molecular flexibility index (Phi) is 6.34. The van der Waals surface area contributed by atoms with E-state index in [4.69, 9.17) is 9.47 Å². The van der Waals surface area contributed by atoms with Crippen molar-refractivity contribution in [3.8, 4) is 5.75 Å². The van der Waals surface area contributed by atoms with Crippen LogP contribution in [0, 0.1) is 0 Å². The molecule has 1 aliphatic carbocycles. The molecule has 0 saturated carbocycles. The van der Waals surface area contributed by atoms with Crippen LogP contribution in [0.2, 0.25) is 0 Å². The minimum atomic E-state index is -0.396. The zero-order valence-corrected chi connectivity index (χ0v) is 17.5. The number of nitrogens with one attached hydrogen (secondary N) is 1. The van der Waals surface area contributed by atoms with Crippen LogP contribution in [0.4, 0.5) is 5.00 Å². The topological polar surface area (TPSA) is 64.6 Å². The number of carbonyl (C=O) groups is 2. The average Bonchev–Trinajstić information content (AvgIpc) is 3.03. The maximum Gasteiger partial charge on any atom is 0.341 e. The highest BCUT2D eigenvalue weighted by Gasteiger charge is 2.26. The Morgan fingerprint density at radius 3 is 2.70 bits per heavy atom. The van der Waals surface area contributed by atoms with Crippen molar-refractivity contribution in [2.24, 2.45) is 0 Å². The molecule has 1 amide bonds. The van der Waals surface area contributed by atoms with Gasteiger partial charge in [0.2, 0.25) is 5.91 Å². The van der Waals surface area contributed by atoms with Gasteiger partial charge in [0.05, 0.1) is 24.3 Å². The van der Waals surface area contributed by atoms with Crippen LogP contribution in [-0.2, 0) is 22.4 Å². The molecule has 142 valence electrons. The van der Waals surface area contributed by atoms with Gasteiger partial charge < -0.3 is 14.8 Å². The van der Waals surface area contributed by atoms with Crippen LogP contribution in [0.3, 0.4) is 0 Å². The molecule has 0 unspecified atom stereocenters. The molecule has 27 heavy (non-hydrogen) atoms. The van der Waals surface area contributed by atoms with Crippen molar-refractivity contribution in [3.63, 3.8) is 0 Å². The zero-order chi connectivity index (χ0) is 19.4. The standard InChI is InChI=1S/C20H20BrNO4S/c1-25-15-9-7-12(11-14(15)21)8-10-17(23)22-19-18(20(24)26-2)13-5-3-4-6-16(13)27-19/h7-11H,3-6H2,1-2H3,(H,22,23)/b10-8+. The molecule has 0 aliphatic heterocycles. The second-order valence-electron chi connectivity index (χ2n) is 6.12. The Morgan fingerprint density at radius 1 is 1.22 bits per heavy atom. The van der Waals surface area contributed by atoms with E-state index in [1.807, 2.05) is 18.2 Å². The minimum Gasteiger partial charge on any atom is -0.496 e. The van der Waals surface area contributed by atoms with Crippen molar-refractivity contribution < 1.29 is 19.1 Å². The van der Waals surface area contributed by atoms with Gasteiger partial charge in [0, 0.05) is 11.0 Å². The van der Waals surface area contributed by atoms with E-state index in [1.165, 1.54) is 29.4 Å². The van der Waals surface area contributed by atoms with Gasteiger partial charge in [0.25, 0.3) is 0 Å². The number of fused-ring (bicyclic) bond motifs is 1. The lowest BCUT2D eigenvalue weighted by Crippen LogP contribution is -2.13. The van der Waals surface area contributed by atoms with Crippen molar-refractivity contribution in [1.82, 2.24) is 0 Å². The Balaban J connectivity index is 1.79. The molecule has 0 bridgehead atoms. The summed E-state index contributed by atoms with van der Waals surface area (Å²) < 4.78 is 10.9. The van der Waals surface area contributed by atoms with E-state index < -0.39 is 5.97 Å². The number of hydrogen-bond acceptors (Lipinski definition) is 5. The van der Waals surface area contributed by atoms with Gasteiger partial charge in [0.1, 0.15) is 10.8 Å². The van der Waals surface area contributed by atoms with Gasteiger partial charge in [-0.25, -0.2) is 4.79 Å². The number of esters is 1. The van der Waals surface area contributed by atoms with Crippen molar-refractivity contribution in [2.45, 2.75) is 25.7 Å². The summed E-state index contributed by atoms with van der Waals surface area (Å²) in [5, 5.41) is 3.41. The molecule has 0 radical (unpaired) electrons. The van der Waals surface area contributed by atoms with Crippen molar-refractivity contribution in [3.05, 3.63) is 50.3 Å². The fourth-order valence-electron chi connectivity index (χ4n) is 3.08. The predicted octanol–water partition coefficient (Wildman–Crippen LogP) is 4.84. The van der Waals surface area contributed by atoms with Gasteiger partial charge in [-0.2, -0.15) is 0 Å². The molecular weight excluding hydrogens is 430 g/mol. The van der Waals surface area contributed by atoms with E-state index in [-0.39, 0.29) is 5.91 Å². The van der Waals surface area contributed by atoms with E-state index in [2.05, 4.69) is 21.2 Å². The lowest BCUT2D eigenvalue weighted by molar-refractivity contribution is -0.111. The van der Waals surface area contributed by atoms with Crippen LogP contribution in [0.25, 0.3) is 6.08 Å². The predicted molar refractivity (Wildman–Crippen MR) is 111 cm³/mol. The number of halogens is 1. The smallest absolute Gasteiger partial charge is 0.341 e. The molecule has 0 atom stereocenters. The highest BCUT2D eigenvalue weighted by molar-refractivity contribution is 9.10. The molecule has 3 rings (SSSR count). The number of anilines is 1. The third-order valence-corrected chi connectivity index (χ3v) is 6.23. The van der Waals surface area contributed by atoms with Gasteiger partial charge in [-0.3, -0.25) is 4.79 Å². The summed E-state index contributed by atoms with van der Waals surface area (Å²) in [4.78, 5) is 25.8. The Hall–Kier alpha value is -2.12. The van der Waals surface area contributed by atoms with Crippen molar-refractivity contribution in [2.75, 3.05) is 19.5 Å². The van der Waals surface area contributed by atoms with Gasteiger partial charge in [-0.1, -0.05) is 6.07 Å². The summed E-state index contributed by atoms with van der Waals surface area (Å²) in [5.41, 5.74) is 2.39. The minimum absolute atomic E-state index is 0.286. The summed E-state index contributed by atoms with van der Waals surface area (Å²) in [7, 11) is 2.96. The summed E-state index contributed by atoms with van der Waals surface area (Å²) in [6.07, 6.45) is 7.11. The third kappa shape index (κ3) is 4.42. The molecule has 1 N–H and O–H groups in total. The molecule has 2 aromatic rings. The largest absolute Gasteiger partial charge is 0.496 e. The molecule has 1 aliphatic rings. The average molecular weight is 450 g/mol. The van der Waals surface area contributed by atoms with Crippen LogP contribution >= 0.6 is 27.3 Å². The maximum atomic E-state index is 12.4. The van der Waals surface area contributed by atoms with E-state index in [1.54, 1.807) is 13.2 Å². The quantitative estimate of drug-likeness (QED) is 0.523. The van der Waals surface area contributed by atoms with E-state index >= 15 is 0 Å². The Morgan fingerprint density at radius 2 is 2.00 bits per heavy atom. The maximum absolute atomic E-state index is 12.4. The first-order valence-electron chi connectivity index (χ1n) is 8.59. The zero-order valence-electron chi connectivity index (χ0n) is 15.1. The van der Waals surface area contributed by atoms with Crippen LogP contribution < -0.4 is 10.1 Å². The highest BCUT2D eigenvalue weighted by atomic mass is 79.9. The second kappa shape index (κ2) is 8.71. The highest BCUT2D eigenvalue weighted by Crippen LogP contribution is 2.38. The third-order valence-electron chi connectivity index (χ3n) is 4.40. The van der Waals surface area contributed by atoms with Gasteiger partial charge in [0.15, 0.2) is 0 Å². The number of hydrogen-bond donors (Lipinski definition) is 1. The van der Waals surface area contributed by atoms with E-state index in [0.29, 0.717) is 10.6 Å². The van der Waals surface area contributed by atoms with Crippen molar-refractivity contribution >= 4 is 50.2 Å². The molecule has 1 aromatic heterocycles. The van der Waals surface area contributed by atoms with Crippen LogP contribution in [-0.4, -0.2) is 26.1 Å². The summed E-state index contributed by atoms with van der Waals surface area (Å²) in [6, 6.07) is 5.55. The summed E-state index contributed by atoms with van der Waals surface area (Å²) in [6.45, 7) is 0. The van der Waals surface area contributed by atoms with Gasteiger partial charge >= 0.3 is 5.97 Å². The number of benzene rings is 1. The van der Waals surface area contributed by atoms with Crippen molar-refractivity contribution in [1.29, 1.82) is 0 Å². The first-order valence-corrected chi connectivity index (χ1v) is 10.2. The second-order valence-corrected chi connectivity index (χ2v) is 8.08. The van der Waals surface area contributed by atoms with Crippen LogP contribution in [0.15, 0.2) is 28.7 Å². The molecule has 0 saturated heterocycles. The number of rotatable bonds is 5. The number of methoxy groups -OCH3 is 2. The van der Waals surface area contributed by atoms with Gasteiger partial charge in [-0.15, -0.1) is 11.3 Å². The first-order chi connectivity index (χ1) is 13.0. The summed E-state index contributed by atoms with van der Waals surface area (Å²) in [5.74, 6) is 0.0435. The number of amides is 1. The Labute approximate surface area is 170 Å². The van der Waals surface area contributed by atoms with Crippen LogP contribution in [0.5, 0.6) is 5.75 Å². The lowest BCUT2D eigenvalue weighted by Gasteiger charge is -2.11. The molecule has 1 heterocycles. The van der Waals surface area contributed by atoms with Crippen LogP contribution in [0.1, 0.15) is 39.2 Å². The molecule has 7 heteroatoms.